The fraction of sp³-hybridized carbons (Fsp3) is 0.432. The minimum atomic E-state index is -0.385. The topological polar surface area (TPSA) is 117 Å². The van der Waals surface area contributed by atoms with Gasteiger partial charge < -0.3 is 15.5 Å². The van der Waals surface area contributed by atoms with Crippen molar-refractivity contribution in [3.8, 4) is 5.69 Å². The first-order valence-corrected chi connectivity index (χ1v) is 17.7. The molecule has 2 fully saturated rings. The molecule has 2 saturated heterocycles. The van der Waals surface area contributed by atoms with Gasteiger partial charge in [-0.05, 0) is 91.3 Å². The van der Waals surface area contributed by atoms with Crippen LogP contribution < -0.4 is 20.9 Å². The molecule has 10 nitrogen and oxygen atoms in total. The van der Waals surface area contributed by atoms with Crippen molar-refractivity contribution >= 4 is 45.2 Å². The second-order valence-electron chi connectivity index (χ2n) is 14.0. The molecule has 0 spiro atoms. The lowest BCUT2D eigenvalue weighted by molar-refractivity contribution is -0.126. The van der Waals surface area contributed by atoms with Crippen LogP contribution in [0.3, 0.4) is 0 Å². The Bertz CT molecular complexity index is 1730. The van der Waals surface area contributed by atoms with Crippen molar-refractivity contribution in [1.29, 1.82) is 0 Å². The van der Waals surface area contributed by atoms with Gasteiger partial charge in [0.2, 0.25) is 5.95 Å². The van der Waals surface area contributed by atoms with Crippen molar-refractivity contribution in [3.63, 3.8) is 0 Å². The van der Waals surface area contributed by atoms with Crippen LogP contribution in [0.5, 0.6) is 0 Å². The number of amides is 2. The third-order valence-electron chi connectivity index (χ3n) is 9.42. The molecule has 0 saturated carbocycles. The summed E-state index contributed by atoms with van der Waals surface area (Å²) in [5, 5.41) is 14.5. The van der Waals surface area contributed by atoms with Gasteiger partial charge in [-0.2, -0.15) is 5.10 Å². The van der Waals surface area contributed by atoms with Gasteiger partial charge in [0, 0.05) is 54.5 Å². The molecule has 2 unspecified atom stereocenters. The standard InChI is InChI=1S/C37H45BrN8O2/c1-24-11-13-28(14-12-24)46-32(20-31(44-46)37(2,3)4)43-36(48)42-30-10-6-5-9-29(30)33(25-15-17-39-18-16-25)34(47)26-8-7-19-45(23-26)35-40-21-27(38)22-41-35/h5-6,9-14,20-22,25-26,33,39H,7-8,15-19,23H2,1-4H3,(H2,42,43,48). The molecular formula is C37H45BrN8O2. The number of aromatic nitrogens is 4. The second-order valence-corrected chi connectivity index (χ2v) is 14.9. The molecule has 3 N–H and O–H groups in total. The molecule has 0 radical (unpaired) electrons. The van der Waals surface area contributed by atoms with Crippen LogP contribution in [0, 0.1) is 18.8 Å². The number of hydrogen-bond acceptors (Lipinski definition) is 7. The first-order valence-electron chi connectivity index (χ1n) is 16.9. The Morgan fingerprint density at radius 3 is 2.40 bits per heavy atom. The molecule has 4 heterocycles. The quantitative estimate of drug-likeness (QED) is 0.176. The maximum absolute atomic E-state index is 14.6. The normalized spacial score (nSPS) is 17.9. The summed E-state index contributed by atoms with van der Waals surface area (Å²) in [7, 11) is 0. The number of ketones is 1. The molecule has 252 valence electrons. The monoisotopic (exact) mass is 712 g/mol. The number of aryl methyl sites for hydroxylation is 1. The first-order chi connectivity index (χ1) is 23.1. The average Bonchev–Trinajstić information content (AvgIpc) is 3.51. The number of benzene rings is 2. The lowest BCUT2D eigenvalue weighted by Gasteiger charge is -2.37. The van der Waals surface area contributed by atoms with Crippen molar-refractivity contribution in [2.24, 2.45) is 11.8 Å². The maximum Gasteiger partial charge on any atom is 0.324 e. The Hall–Kier alpha value is -4.09. The highest BCUT2D eigenvalue weighted by Crippen LogP contribution is 2.39. The first kappa shape index (κ1) is 33.8. The zero-order valence-electron chi connectivity index (χ0n) is 28.2. The largest absolute Gasteiger partial charge is 0.340 e. The predicted molar refractivity (Wildman–Crippen MR) is 194 cm³/mol. The molecule has 2 aliphatic rings. The van der Waals surface area contributed by atoms with E-state index < -0.39 is 0 Å². The van der Waals surface area contributed by atoms with Crippen LogP contribution in [0.2, 0.25) is 0 Å². The summed E-state index contributed by atoms with van der Waals surface area (Å²) >= 11 is 3.42. The molecule has 11 heteroatoms. The van der Waals surface area contributed by atoms with Crippen molar-refractivity contribution in [2.75, 3.05) is 41.7 Å². The molecular weight excluding hydrogens is 668 g/mol. The molecule has 48 heavy (non-hydrogen) atoms. The van der Waals surface area contributed by atoms with E-state index in [1.54, 1.807) is 17.1 Å². The fourth-order valence-electron chi connectivity index (χ4n) is 6.80. The predicted octanol–water partition coefficient (Wildman–Crippen LogP) is 7.24. The minimum Gasteiger partial charge on any atom is -0.340 e. The number of carbonyl (C=O) groups excluding carboxylic acids is 2. The van der Waals surface area contributed by atoms with Crippen LogP contribution in [-0.2, 0) is 10.2 Å². The number of hydrogen-bond donors (Lipinski definition) is 3. The molecule has 2 amide bonds. The van der Waals surface area contributed by atoms with Gasteiger partial charge in [0.1, 0.15) is 11.6 Å². The van der Waals surface area contributed by atoms with E-state index in [1.165, 1.54) is 0 Å². The van der Waals surface area contributed by atoms with Crippen LogP contribution in [0.1, 0.15) is 69.2 Å². The molecule has 0 bridgehead atoms. The highest BCUT2D eigenvalue weighted by molar-refractivity contribution is 9.10. The molecule has 2 aromatic carbocycles. The van der Waals surface area contributed by atoms with Gasteiger partial charge in [0.15, 0.2) is 0 Å². The van der Waals surface area contributed by atoms with E-state index in [1.807, 2.05) is 61.5 Å². The van der Waals surface area contributed by atoms with Gasteiger partial charge in [0.25, 0.3) is 0 Å². The van der Waals surface area contributed by atoms with E-state index in [2.05, 4.69) is 67.5 Å². The van der Waals surface area contributed by atoms with Crippen molar-refractivity contribution in [1.82, 2.24) is 25.1 Å². The zero-order valence-corrected chi connectivity index (χ0v) is 29.8. The maximum atomic E-state index is 14.6. The number of Topliss-reactive ketones (excluding diaryl/α,β-unsaturated/α-hetero) is 1. The van der Waals surface area contributed by atoms with E-state index in [-0.39, 0.29) is 35.0 Å². The van der Waals surface area contributed by atoms with Crippen molar-refractivity contribution in [2.45, 2.75) is 64.7 Å². The van der Waals surface area contributed by atoms with Gasteiger partial charge >= 0.3 is 6.03 Å². The number of urea groups is 1. The Morgan fingerprint density at radius 2 is 1.69 bits per heavy atom. The summed E-state index contributed by atoms with van der Waals surface area (Å²) in [6.07, 6.45) is 7.00. The number of rotatable bonds is 8. The lowest BCUT2D eigenvalue weighted by Crippen LogP contribution is -2.43. The number of halogens is 1. The van der Waals surface area contributed by atoms with Gasteiger partial charge in [-0.25, -0.2) is 19.4 Å². The van der Waals surface area contributed by atoms with E-state index in [0.29, 0.717) is 24.0 Å². The molecule has 4 aromatic rings. The van der Waals surface area contributed by atoms with E-state index >= 15 is 0 Å². The number of piperidine rings is 2. The third kappa shape index (κ3) is 7.79. The second kappa shape index (κ2) is 14.6. The van der Waals surface area contributed by atoms with Crippen LogP contribution in [0.15, 0.2) is 71.5 Å². The molecule has 0 aliphatic carbocycles. The summed E-state index contributed by atoms with van der Waals surface area (Å²) in [5.74, 6) is 1.11. The summed E-state index contributed by atoms with van der Waals surface area (Å²) in [6, 6.07) is 17.4. The van der Waals surface area contributed by atoms with E-state index in [0.717, 1.165) is 72.3 Å². The molecule has 2 atom stereocenters. The lowest BCUT2D eigenvalue weighted by atomic mass is 9.73. The van der Waals surface area contributed by atoms with Crippen molar-refractivity contribution in [3.05, 3.63) is 88.3 Å². The van der Waals surface area contributed by atoms with Crippen LogP contribution in [0.25, 0.3) is 5.69 Å². The molecule has 6 rings (SSSR count). The van der Waals surface area contributed by atoms with Crippen LogP contribution in [-0.4, -0.2) is 57.7 Å². The van der Waals surface area contributed by atoms with Gasteiger partial charge in [-0.1, -0.05) is 56.7 Å². The summed E-state index contributed by atoms with van der Waals surface area (Å²) in [6.45, 7) is 11.5. The van der Waals surface area contributed by atoms with E-state index in [4.69, 9.17) is 5.10 Å². The molecule has 2 aromatic heterocycles. The van der Waals surface area contributed by atoms with Gasteiger partial charge in [0.05, 0.1) is 15.9 Å². The number of carbonyl (C=O) groups is 2. The Morgan fingerprint density at radius 1 is 0.979 bits per heavy atom. The fourth-order valence-corrected chi connectivity index (χ4v) is 7.01. The van der Waals surface area contributed by atoms with Crippen LogP contribution >= 0.6 is 15.9 Å². The SMILES string of the molecule is Cc1ccc(-n2nc(C(C)(C)C)cc2NC(=O)Nc2ccccc2C(C(=O)C2CCCN(c3ncc(Br)cn3)C2)C2CCNCC2)cc1. The van der Waals surface area contributed by atoms with E-state index in [9.17, 15) is 9.59 Å². The Kier molecular flexibility index (Phi) is 10.3. The highest BCUT2D eigenvalue weighted by atomic mass is 79.9. The summed E-state index contributed by atoms with van der Waals surface area (Å²) < 4.78 is 2.60. The number of nitrogens with one attached hydrogen (secondary N) is 3. The third-order valence-corrected chi connectivity index (χ3v) is 9.83. The smallest absolute Gasteiger partial charge is 0.324 e. The Balaban J connectivity index is 1.27. The number of nitrogens with zero attached hydrogens (tertiary/aromatic N) is 5. The highest BCUT2D eigenvalue weighted by Gasteiger charge is 2.38. The summed E-state index contributed by atoms with van der Waals surface area (Å²) in [5.41, 5.74) is 4.17. The molecule has 2 aliphatic heterocycles. The number of anilines is 3. The van der Waals surface area contributed by atoms with Gasteiger partial charge in [-0.3, -0.25) is 10.1 Å². The summed E-state index contributed by atoms with van der Waals surface area (Å²) in [4.78, 5) is 39.5. The number of para-hydroxylation sites is 1. The average molecular weight is 714 g/mol. The van der Waals surface area contributed by atoms with Crippen molar-refractivity contribution < 1.29 is 9.59 Å². The minimum absolute atomic E-state index is 0.160. The van der Waals surface area contributed by atoms with Crippen LogP contribution in [0.4, 0.5) is 22.2 Å². The Labute approximate surface area is 291 Å². The van der Waals surface area contributed by atoms with Gasteiger partial charge in [-0.15, -0.1) is 0 Å². The zero-order chi connectivity index (χ0) is 33.8.